The van der Waals surface area contributed by atoms with Crippen molar-refractivity contribution < 1.29 is 4.52 Å². The summed E-state index contributed by atoms with van der Waals surface area (Å²) < 4.78 is 5.07. The second kappa shape index (κ2) is 3.89. The van der Waals surface area contributed by atoms with E-state index in [1.165, 1.54) is 16.7 Å². The minimum Gasteiger partial charge on any atom is -0.361 e. The Bertz CT molecular complexity index is 471. The molecule has 2 aromatic rings. The maximum atomic E-state index is 5.07. The van der Waals surface area contributed by atoms with Crippen LogP contribution in [0, 0.1) is 13.8 Å². The molecule has 0 fully saturated rings. The maximum absolute atomic E-state index is 5.07. The number of hydrogen-bond acceptors (Lipinski definition) is 2. The van der Waals surface area contributed by atoms with Crippen molar-refractivity contribution in [1.29, 1.82) is 0 Å². The molecular weight excluding hydrogens is 186 g/mol. The van der Waals surface area contributed by atoms with Crippen LogP contribution in [-0.4, -0.2) is 5.16 Å². The lowest BCUT2D eigenvalue weighted by Gasteiger charge is -2.05. The van der Waals surface area contributed by atoms with Gasteiger partial charge in [0.15, 0.2) is 0 Å². The van der Waals surface area contributed by atoms with Gasteiger partial charge >= 0.3 is 0 Å². The first-order chi connectivity index (χ1) is 7.22. The lowest BCUT2D eigenvalue weighted by atomic mass is 9.99. The smallest absolute Gasteiger partial charge is 0.141 e. The summed E-state index contributed by atoms with van der Waals surface area (Å²) in [6.45, 7) is 6.25. The Morgan fingerprint density at radius 2 is 2.07 bits per heavy atom. The van der Waals surface area contributed by atoms with Crippen LogP contribution in [0.1, 0.15) is 23.8 Å². The van der Waals surface area contributed by atoms with Crippen LogP contribution in [0.3, 0.4) is 0 Å². The second-order valence-electron chi connectivity index (χ2n) is 3.79. The van der Waals surface area contributed by atoms with Gasteiger partial charge in [-0.05, 0) is 37.0 Å². The zero-order chi connectivity index (χ0) is 10.8. The third-order valence-electron chi connectivity index (χ3n) is 2.79. The summed E-state index contributed by atoms with van der Waals surface area (Å²) in [6.07, 6.45) is 2.84. The van der Waals surface area contributed by atoms with Crippen LogP contribution in [0.5, 0.6) is 0 Å². The molecule has 1 aromatic carbocycles. The molecule has 0 saturated heterocycles. The monoisotopic (exact) mass is 201 g/mol. The largest absolute Gasteiger partial charge is 0.361 e. The van der Waals surface area contributed by atoms with Gasteiger partial charge in [0.1, 0.15) is 5.76 Å². The molecule has 0 radical (unpaired) electrons. The molecule has 0 aliphatic rings. The molecule has 0 amide bonds. The standard InChI is InChI=1S/C13H15NO/c1-4-11-7-12(6-5-9(11)2)13-8-14-15-10(13)3/h5-8H,4H2,1-3H3. The van der Waals surface area contributed by atoms with Crippen molar-refractivity contribution in [3.63, 3.8) is 0 Å². The molecule has 0 atom stereocenters. The van der Waals surface area contributed by atoms with Gasteiger partial charge in [0.2, 0.25) is 0 Å². The minimum atomic E-state index is 0.876. The Morgan fingerprint density at radius 3 is 2.67 bits per heavy atom. The fourth-order valence-corrected chi connectivity index (χ4v) is 1.80. The van der Waals surface area contributed by atoms with Crippen LogP contribution in [-0.2, 0) is 6.42 Å². The molecule has 2 nitrogen and oxygen atoms in total. The molecule has 0 aliphatic carbocycles. The molecule has 0 bridgehead atoms. The normalized spacial score (nSPS) is 10.6. The van der Waals surface area contributed by atoms with Crippen LogP contribution in [0.15, 0.2) is 28.9 Å². The van der Waals surface area contributed by atoms with Crippen molar-refractivity contribution in [3.8, 4) is 11.1 Å². The Labute approximate surface area is 89.9 Å². The van der Waals surface area contributed by atoms with E-state index in [0.717, 1.165) is 17.7 Å². The first kappa shape index (κ1) is 9.97. The molecule has 0 spiro atoms. The first-order valence-electron chi connectivity index (χ1n) is 5.23. The summed E-state index contributed by atoms with van der Waals surface area (Å²) in [6, 6.07) is 6.49. The van der Waals surface area contributed by atoms with E-state index >= 15 is 0 Å². The Kier molecular flexibility index (Phi) is 2.58. The summed E-state index contributed by atoms with van der Waals surface area (Å²) in [5.41, 5.74) is 5.00. The summed E-state index contributed by atoms with van der Waals surface area (Å²) >= 11 is 0. The van der Waals surface area contributed by atoms with Crippen LogP contribution in [0.2, 0.25) is 0 Å². The summed E-state index contributed by atoms with van der Waals surface area (Å²) in [5, 5.41) is 3.80. The van der Waals surface area contributed by atoms with Gasteiger partial charge in [0.05, 0.1) is 6.20 Å². The predicted molar refractivity (Wildman–Crippen MR) is 60.8 cm³/mol. The fraction of sp³-hybridized carbons (Fsp3) is 0.308. The maximum Gasteiger partial charge on any atom is 0.141 e. The molecule has 0 N–H and O–H groups in total. The van der Waals surface area contributed by atoms with E-state index in [0.29, 0.717) is 0 Å². The Morgan fingerprint density at radius 1 is 1.27 bits per heavy atom. The quantitative estimate of drug-likeness (QED) is 0.743. The van der Waals surface area contributed by atoms with E-state index < -0.39 is 0 Å². The highest BCUT2D eigenvalue weighted by Gasteiger charge is 2.07. The van der Waals surface area contributed by atoms with Crippen molar-refractivity contribution in [2.45, 2.75) is 27.2 Å². The number of nitrogens with zero attached hydrogens (tertiary/aromatic N) is 1. The van der Waals surface area contributed by atoms with E-state index in [-0.39, 0.29) is 0 Å². The van der Waals surface area contributed by atoms with Gasteiger partial charge in [-0.25, -0.2) is 0 Å². The highest BCUT2D eigenvalue weighted by molar-refractivity contribution is 5.65. The summed E-state index contributed by atoms with van der Waals surface area (Å²) in [7, 11) is 0. The lowest BCUT2D eigenvalue weighted by molar-refractivity contribution is 0.398. The number of aromatic nitrogens is 1. The molecule has 78 valence electrons. The average molecular weight is 201 g/mol. The minimum absolute atomic E-state index is 0.876. The van der Waals surface area contributed by atoms with Crippen LogP contribution < -0.4 is 0 Å². The van der Waals surface area contributed by atoms with Crippen LogP contribution in [0.25, 0.3) is 11.1 Å². The summed E-state index contributed by atoms with van der Waals surface area (Å²) in [4.78, 5) is 0. The van der Waals surface area contributed by atoms with Crippen molar-refractivity contribution in [2.24, 2.45) is 0 Å². The summed E-state index contributed by atoms with van der Waals surface area (Å²) in [5.74, 6) is 0.876. The van der Waals surface area contributed by atoms with Gasteiger partial charge in [-0.2, -0.15) is 0 Å². The third kappa shape index (κ3) is 1.80. The average Bonchev–Trinajstić information content (AvgIpc) is 2.65. The van der Waals surface area contributed by atoms with E-state index in [1.807, 2.05) is 6.92 Å². The molecule has 1 aromatic heterocycles. The van der Waals surface area contributed by atoms with Gasteiger partial charge in [0.25, 0.3) is 0 Å². The predicted octanol–water partition coefficient (Wildman–Crippen LogP) is 3.52. The van der Waals surface area contributed by atoms with E-state index in [4.69, 9.17) is 4.52 Å². The lowest BCUT2D eigenvalue weighted by Crippen LogP contribution is -1.87. The van der Waals surface area contributed by atoms with Crippen molar-refractivity contribution in [1.82, 2.24) is 5.16 Å². The highest BCUT2D eigenvalue weighted by atomic mass is 16.5. The first-order valence-corrected chi connectivity index (χ1v) is 5.23. The van der Waals surface area contributed by atoms with Gasteiger partial charge in [-0.15, -0.1) is 0 Å². The zero-order valence-electron chi connectivity index (χ0n) is 9.37. The molecule has 0 saturated carbocycles. The molecule has 1 heterocycles. The SMILES string of the molecule is CCc1cc(-c2cnoc2C)ccc1C. The van der Waals surface area contributed by atoms with Gasteiger partial charge in [-0.1, -0.05) is 30.3 Å². The van der Waals surface area contributed by atoms with Crippen molar-refractivity contribution in [3.05, 3.63) is 41.3 Å². The molecule has 15 heavy (non-hydrogen) atoms. The number of rotatable bonds is 2. The zero-order valence-corrected chi connectivity index (χ0v) is 9.37. The Balaban J connectivity index is 2.51. The van der Waals surface area contributed by atoms with E-state index in [1.54, 1.807) is 6.20 Å². The fourth-order valence-electron chi connectivity index (χ4n) is 1.80. The van der Waals surface area contributed by atoms with Crippen molar-refractivity contribution in [2.75, 3.05) is 0 Å². The molecule has 2 rings (SSSR count). The number of benzene rings is 1. The van der Waals surface area contributed by atoms with Crippen LogP contribution >= 0.6 is 0 Å². The number of aryl methyl sites for hydroxylation is 3. The molecular formula is C13H15NO. The van der Waals surface area contributed by atoms with Crippen LogP contribution in [0.4, 0.5) is 0 Å². The topological polar surface area (TPSA) is 26.0 Å². The van der Waals surface area contributed by atoms with Gasteiger partial charge < -0.3 is 4.52 Å². The van der Waals surface area contributed by atoms with E-state index in [2.05, 4.69) is 37.2 Å². The highest BCUT2D eigenvalue weighted by Crippen LogP contribution is 2.25. The van der Waals surface area contributed by atoms with Gasteiger partial charge in [-0.3, -0.25) is 0 Å². The second-order valence-corrected chi connectivity index (χ2v) is 3.79. The van der Waals surface area contributed by atoms with Crippen molar-refractivity contribution >= 4 is 0 Å². The molecule has 0 unspecified atom stereocenters. The third-order valence-corrected chi connectivity index (χ3v) is 2.79. The van der Waals surface area contributed by atoms with Gasteiger partial charge in [0, 0.05) is 5.56 Å². The Hall–Kier alpha value is -1.57. The molecule has 2 heteroatoms. The number of hydrogen-bond donors (Lipinski definition) is 0. The molecule has 0 aliphatic heterocycles. The van der Waals surface area contributed by atoms with E-state index in [9.17, 15) is 0 Å².